The van der Waals surface area contributed by atoms with Crippen LogP contribution in [0.25, 0.3) is 11.0 Å². The Hall–Kier alpha value is -2.37. The second kappa shape index (κ2) is 8.17. The number of aliphatic hydroxyl groups is 4. The number of ether oxygens (including phenoxy) is 2. The lowest BCUT2D eigenvalue weighted by Crippen LogP contribution is -2.60. The number of aliphatic hydroxyl groups excluding tert-OH is 4. The summed E-state index contributed by atoms with van der Waals surface area (Å²) in [5, 5.41) is 59.4. The maximum atomic E-state index is 12.5. The van der Waals surface area contributed by atoms with Crippen molar-refractivity contribution in [2.45, 2.75) is 56.9 Å². The van der Waals surface area contributed by atoms with Gasteiger partial charge in [-0.25, -0.2) is 0 Å². The van der Waals surface area contributed by atoms with E-state index < -0.39 is 60.0 Å². The average molecular weight is 412 g/mol. The highest BCUT2D eigenvalue weighted by Crippen LogP contribution is 2.41. The number of aromatic hydroxyl groups is 2. The van der Waals surface area contributed by atoms with Crippen LogP contribution in [0.2, 0.25) is 0 Å². The highest BCUT2D eigenvalue weighted by atomic mass is 16.7. The summed E-state index contributed by atoms with van der Waals surface area (Å²) in [4.78, 5) is 12.5. The monoisotopic (exact) mass is 412 g/mol. The van der Waals surface area contributed by atoms with E-state index in [1.807, 2.05) is 13.8 Å². The Morgan fingerprint density at radius 3 is 2.41 bits per heavy atom. The molecule has 3 rings (SSSR count). The van der Waals surface area contributed by atoms with Gasteiger partial charge in [-0.1, -0.05) is 13.8 Å². The minimum absolute atomic E-state index is 0.142. The first kappa shape index (κ1) is 21.3. The highest BCUT2D eigenvalue weighted by molar-refractivity contribution is 5.90. The van der Waals surface area contributed by atoms with E-state index in [9.17, 15) is 35.4 Å². The van der Waals surface area contributed by atoms with Crippen LogP contribution < -0.4 is 10.2 Å². The van der Waals surface area contributed by atoms with Gasteiger partial charge in [0.05, 0.1) is 6.61 Å². The lowest BCUT2D eigenvalue weighted by atomic mass is 9.99. The van der Waals surface area contributed by atoms with Crippen molar-refractivity contribution < 1.29 is 44.5 Å². The molecule has 1 unspecified atom stereocenters. The SMILES string of the molecule is CCC(C)c1cc(=O)c2c(O)cc(O)c(O[C@@H]3O[C@H](CO)[C@@H](O)[C@H](O)[C@H]3O)c2o1. The summed E-state index contributed by atoms with van der Waals surface area (Å²) >= 11 is 0. The Kier molecular flexibility index (Phi) is 6.01. The molecule has 1 fully saturated rings. The van der Waals surface area contributed by atoms with Crippen LogP contribution in [0, 0.1) is 0 Å². The molecule has 6 N–H and O–H groups in total. The number of phenols is 2. The van der Waals surface area contributed by atoms with Gasteiger partial charge < -0.3 is 44.5 Å². The van der Waals surface area contributed by atoms with Crippen LogP contribution in [0.5, 0.6) is 17.2 Å². The van der Waals surface area contributed by atoms with E-state index in [2.05, 4.69) is 0 Å². The van der Waals surface area contributed by atoms with Crippen molar-refractivity contribution in [2.75, 3.05) is 6.61 Å². The van der Waals surface area contributed by atoms with Crippen LogP contribution in [0.3, 0.4) is 0 Å². The first-order chi connectivity index (χ1) is 13.7. The maximum absolute atomic E-state index is 12.5. The molecule has 160 valence electrons. The second-order valence-electron chi connectivity index (χ2n) is 7.09. The summed E-state index contributed by atoms with van der Waals surface area (Å²) in [6.45, 7) is 3.05. The molecule has 0 bridgehead atoms. The van der Waals surface area contributed by atoms with E-state index in [0.29, 0.717) is 12.2 Å². The van der Waals surface area contributed by atoms with Gasteiger partial charge in [0.25, 0.3) is 0 Å². The van der Waals surface area contributed by atoms with Gasteiger partial charge in [0.1, 0.15) is 41.3 Å². The number of phenolic OH excluding ortho intramolecular Hbond substituents is 2. The molecule has 29 heavy (non-hydrogen) atoms. The summed E-state index contributed by atoms with van der Waals surface area (Å²) in [6, 6.07) is 2.12. The van der Waals surface area contributed by atoms with E-state index >= 15 is 0 Å². The fourth-order valence-corrected chi connectivity index (χ4v) is 3.14. The number of hydrogen-bond acceptors (Lipinski definition) is 10. The molecule has 0 radical (unpaired) electrons. The third-order valence-electron chi connectivity index (χ3n) is 5.12. The molecule has 0 saturated carbocycles. The Morgan fingerprint density at radius 2 is 1.79 bits per heavy atom. The number of rotatable bonds is 5. The zero-order valence-corrected chi connectivity index (χ0v) is 15.8. The van der Waals surface area contributed by atoms with Crippen LogP contribution in [-0.2, 0) is 4.74 Å². The molecule has 10 heteroatoms. The van der Waals surface area contributed by atoms with Gasteiger partial charge in [-0.2, -0.15) is 0 Å². The molecular weight excluding hydrogens is 388 g/mol. The van der Waals surface area contributed by atoms with Gasteiger partial charge in [0, 0.05) is 18.1 Å². The van der Waals surface area contributed by atoms with Crippen molar-refractivity contribution in [3.05, 3.63) is 28.1 Å². The van der Waals surface area contributed by atoms with E-state index in [4.69, 9.17) is 13.9 Å². The zero-order chi connectivity index (χ0) is 21.5. The Morgan fingerprint density at radius 1 is 1.10 bits per heavy atom. The molecule has 6 atom stereocenters. The minimum Gasteiger partial charge on any atom is -0.507 e. The van der Waals surface area contributed by atoms with Gasteiger partial charge in [0.2, 0.25) is 12.0 Å². The number of fused-ring (bicyclic) bond motifs is 1. The van der Waals surface area contributed by atoms with E-state index in [-0.39, 0.29) is 16.9 Å². The molecule has 1 aliphatic rings. The van der Waals surface area contributed by atoms with Gasteiger partial charge in [-0.3, -0.25) is 4.79 Å². The largest absolute Gasteiger partial charge is 0.507 e. The second-order valence-corrected chi connectivity index (χ2v) is 7.09. The van der Waals surface area contributed by atoms with Gasteiger partial charge in [-0.15, -0.1) is 0 Å². The van der Waals surface area contributed by atoms with Crippen LogP contribution in [-0.4, -0.2) is 68.0 Å². The molecule has 2 aromatic rings. The van der Waals surface area contributed by atoms with E-state index in [0.717, 1.165) is 6.07 Å². The average Bonchev–Trinajstić information content (AvgIpc) is 2.69. The molecule has 0 spiro atoms. The summed E-state index contributed by atoms with van der Waals surface area (Å²) in [7, 11) is 0. The predicted octanol–water partition coefficient (Wildman–Crippen LogP) is -0.104. The molecule has 1 aromatic heterocycles. The zero-order valence-electron chi connectivity index (χ0n) is 15.8. The van der Waals surface area contributed by atoms with Gasteiger partial charge in [0.15, 0.2) is 16.8 Å². The maximum Gasteiger partial charge on any atom is 0.229 e. The van der Waals surface area contributed by atoms with E-state index in [1.165, 1.54) is 6.07 Å². The third-order valence-corrected chi connectivity index (χ3v) is 5.12. The highest BCUT2D eigenvalue weighted by Gasteiger charge is 2.45. The van der Waals surface area contributed by atoms with Gasteiger partial charge >= 0.3 is 0 Å². The van der Waals surface area contributed by atoms with Crippen molar-refractivity contribution in [1.29, 1.82) is 0 Å². The van der Waals surface area contributed by atoms with Gasteiger partial charge in [-0.05, 0) is 6.42 Å². The summed E-state index contributed by atoms with van der Waals surface area (Å²) in [6.07, 6.45) is -7.20. The summed E-state index contributed by atoms with van der Waals surface area (Å²) in [5.41, 5.74) is -0.819. The Bertz CT molecular complexity index is 937. The van der Waals surface area contributed by atoms with E-state index in [1.54, 1.807) is 0 Å². The molecule has 2 heterocycles. The molecular formula is C19H24O10. The van der Waals surface area contributed by atoms with Crippen LogP contribution in [0.4, 0.5) is 0 Å². The Balaban J connectivity index is 2.11. The topological polar surface area (TPSA) is 170 Å². The fourth-order valence-electron chi connectivity index (χ4n) is 3.14. The van der Waals surface area contributed by atoms with Crippen molar-refractivity contribution in [1.82, 2.24) is 0 Å². The van der Waals surface area contributed by atoms with Crippen molar-refractivity contribution >= 4 is 11.0 Å². The number of hydrogen-bond donors (Lipinski definition) is 6. The fraction of sp³-hybridized carbons (Fsp3) is 0.526. The van der Waals surface area contributed by atoms with Crippen LogP contribution in [0.1, 0.15) is 31.9 Å². The normalized spacial score (nSPS) is 28.4. The molecule has 1 aliphatic heterocycles. The molecule has 10 nitrogen and oxygen atoms in total. The first-order valence-corrected chi connectivity index (χ1v) is 9.19. The first-order valence-electron chi connectivity index (χ1n) is 9.19. The van der Waals surface area contributed by atoms with Crippen molar-refractivity contribution in [3.8, 4) is 17.2 Å². The summed E-state index contributed by atoms with van der Waals surface area (Å²) < 4.78 is 16.5. The minimum atomic E-state index is -1.74. The molecule has 1 aromatic carbocycles. The lowest BCUT2D eigenvalue weighted by Gasteiger charge is -2.39. The molecule has 0 amide bonds. The lowest BCUT2D eigenvalue weighted by molar-refractivity contribution is -0.277. The smallest absolute Gasteiger partial charge is 0.229 e. The summed E-state index contributed by atoms with van der Waals surface area (Å²) in [5.74, 6) is -1.37. The van der Waals surface area contributed by atoms with Crippen molar-refractivity contribution in [2.24, 2.45) is 0 Å². The standard InChI is InChI=1S/C19H24O10/c1-3-7(2)11-5-9(22)13-8(21)4-10(23)17(18(13)27-11)29-19-16(26)15(25)14(24)12(6-20)28-19/h4-5,7,12,14-16,19-21,23-26H,3,6H2,1-2H3/t7?,12-,14-,15+,16-,19+/m1/s1. The molecule has 0 aliphatic carbocycles. The third kappa shape index (κ3) is 3.77. The van der Waals surface area contributed by atoms with Crippen LogP contribution >= 0.6 is 0 Å². The quantitative estimate of drug-likeness (QED) is 0.390. The molecule has 1 saturated heterocycles. The number of benzene rings is 1. The van der Waals surface area contributed by atoms with Crippen molar-refractivity contribution in [3.63, 3.8) is 0 Å². The Labute approximate surface area is 165 Å². The van der Waals surface area contributed by atoms with Crippen LogP contribution in [0.15, 0.2) is 21.3 Å². The predicted molar refractivity (Wildman–Crippen MR) is 98.9 cm³/mol.